The normalized spacial score (nSPS) is 12.5. The minimum Gasteiger partial charge on any atom is -0.761 e. The lowest BCUT2D eigenvalue weighted by Crippen LogP contribution is -2.11. The summed E-state index contributed by atoms with van der Waals surface area (Å²) in [6.07, 6.45) is 0. The van der Waals surface area contributed by atoms with Crippen molar-refractivity contribution in [3.63, 3.8) is 0 Å². The van der Waals surface area contributed by atoms with Crippen molar-refractivity contribution < 1.29 is 5.21 Å². The van der Waals surface area contributed by atoms with Crippen molar-refractivity contribution in [3.8, 4) is 0 Å². The van der Waals surface area contributed by atoms with E-state index in [9.17, 15) is 5.21 Å². The average molecular weight is 117 g/mol. The number of nitrogens with one attached hydrogen (secondary N) is 2. The van der Waals surface area contributed by atoms with Crippen molar-refractivity contribution >= 4 is 0 Å². The Morgan fingerprint density at radius 2 is 1.88 bits per heavy atom. The topological polar surface area (TPSA) is 67.3 Å². The van der Waals surface area contributed by atoms with Crippen molar-refractivity contribution in [2.45, 2.75) is 13.8 Å². The van der Waals surface area contributed by atoms with Crippen molar-refractivity contribution in [1.29, 1.82) is 0 Å². The van der Waals surface area contributed by atoms with Crippen LogP contribution in [-0.4, -0.2) is 5.21 Å². The fraction of sp³-hybridized carbons (Fsp3) is 0.500. The van der Waals surface area contributed by atoms with E-state index in [0.717, 1.165) is 0 Å². The van der Waals surface area contributed by atoms with Gasteiger partial charge in [-0.2, -0.15) is 0 Å². The molecule has 0 fully saturated rings. The summed E-state index contributed by atoms with van der Waals surface area (Å²) in [5.41, 5.74) is 4.27. The minimum absolute atomic E-state index is 0.382. The summed E-state index contributed by atoms with van der Waals surface area (Å²) in [5.74, 6) is 0. The molecule has 3 N–H and O–H groups in total. The lowest BCUT2D eigenvalue weighted by atomic mass is 10.4. The Balaban J connectivity index is 3.83. The van der Waals surface area contributed by atoms with Gasteiger partial charge in [0.25, 0.3) is 0 Å². The van der Waals surface area contributed by atoms with Crippen LogP contribution in [0.15, 0.2) is 11.4 Å². The van der Waals surface area contributed by atoms with E-state index in [1.165, 1.54) is 0 Å². The van der Waals surface area contributed by atoms with E-state index in [-0.39, 0.29) is 0 Å². The first-order chi connectivity index (χ1) is 3.72. The summed E-state index contributed by atoms with van der Waals surface area (Å²) in [4.78, 5) is 0. The van der Waals surface area contributed by atoms with Gasteiger partial charge in [-0.25, -0.2) is 0 Å². The van der Waals surface area contributed by atoms with E-state index in [1.807, 2.05) is 5.48 Å². The Kier molecular flexibility index (Phi) is 2.98. The van der Waals surface area contributed by atoms with E-state index in [2.05, 4.69) is 0 Å². The zero-order valence-electron chi connectivity index (χ0n) is 4.86. The lowest BCUT2D eigenvalue weighted by molar-refractivity contribution is 0.199. The number of rotatable bonds is 2. The van der Waals surface area contributed by atoms with Crippen LogP contribution in [0.2, 0.25) is 0 Å². The van der Waals surface area contributed by atoms with E-state index in [0.29, 0.717) is 11.4 Å². The maximum Gasteiger partial charge on any atom is 0.0523 e. The molecule has 0 radical (unpaired) electrons. The highest BCUT2D eigenvalue weighted by Crippen LogP contribution is 1.91. The molecule has 0 heterocycles. The van der Waals surface area contributed by atoms with Crippen LogP contribution in [0.1, 0.15) is 13.8 Å². The first kappa shape index (κ1) is 7.26. The summed E-state index contributed by atoms with van der Waals surface area (Å²) >= 11 is 0. The number of hydrogen-bond acceptors (Lipinski definition) is 4. The molecule has 0 aliphatic rings. The lowest BCUT2D eigenvalue weighted by Gasteiger charge is -2.11. The predicted octanol–water partition coefficient (Wildman–Crippen LogP) is 0.304. The third-order valence-electron chi connectivity index (χ3n) is 0.883. The molecule has 0 aromatic heterocycles. The molecule has 0 spiro atoms. The summed E-state index contributed by atoms with van der Waals surface area (Å²) in [6.45, 7) is 3.14. The third-order valence-corrected chi connectivity index (χ3v) is 0.883. The predicted molar refractivity (Wildman–Crippen MR) is 29.8 cm³/mol. The SMILES string of the molecule is C/C(N[O-])=C(\C)NO. The highest BCUT2D eigenvalue weighted by atomic mass is 16.5. The van der Waals surface area contributed by atoms with Crippen LogP contribution in [0.25, 0.3) is 0 Å². The molecule has 0 aromatic carbocycles. The largest absolute Gasteiger partial charge is 0.761 e. The molecule has 0 aliphatic heterocycles. The van der Waals surface area contributed by atoms with Crippen LogP contribution in [0.3, 0.4) is 0 Å². The van der Waals surface area contributed by atoms with Gasteiger partial charge in [-0.1, -0.05) is 0 Å². The van der Waals surface area contributed by atoms with Gasteiger partial charge >= 0.3 is 0 Å². The number of hydrogen-bond donors (Lipinski definition) is 3. The van der Waals surface area contributed by atoms with Gasteiger partial charge in [-0.3, -0.25) is 10.7 Å². The molecule has 4 nitrogen and oxygen atoms in total. The van der Waals surface area contributed by atoms with Crippen molar-refractivity contribution in [1.82, 2.24) is 11.0 Å². The molecular weight excluding hydrogens is 108 g/mol. The summed E-state index contributed by atoms with van der Waals surface area (Å²) in [5, 5.41) is 17.9. The average Bonchev–Trinajstić information content (AvgIpc) is 1.84. The molecule has 0 amide bonds. The molecule has 0 saturated carbocycles. The molecule has 4 heteroatoms. The molecular formula is C4H9N2O2-. The smallest absolute Gasteiger partial charge is 0.0523 e. The Morgan fingerprint density at radius 3 is 2.00 bits per heavy atom. The monoisotopic (exact) mass is 117 g/mol. The molecule has 0 atom stereocenters. The van der Waals surface area contributed by atoms with Crippen molar-refractivity contribution in [2.24, 2.45) is 0 Å². The minimum atomic E-state index is 0.382. The maximum absolute atomic E-state index is 9.77. The number of allylic oxidation sites excluding steroid dienone is 2. The molecule has 48 valence electrons. The van der Waals surface area contributed by atoms with Crippen LogP contribution in [-0.2, 0) is 0 Å². The molecule has 0 bridgehead atoms. The molecule has 0 saturated heterocycles. The van der Waals surface area contributed by atoms with E-state index >= 15 is 0 Å². The summed E-state index contributed by atoms with van der Waals surface area (Å²) in [6, 6.07) is 0. The second kappa shape index (κ2) is 3.29. The van der Waals surface area contributed by atoms with Crippen molar-refractivity contribution in [2.75, 3.05) is 0 Å². The maximum atomic E-state index is 9.77. The van der Waals surface area contributed by atoms with Gasteiger partial charge < -0.3 is 10.7 Å². The zero-order valence-corrected chi connectivity index (χ0v) is 4.86. The summed E-state index contributed by atoms with van der Waals surface area (Å²) in [7, 11) is 0. The van der Waals surface area contributed by atoms with Gasteiger partial charge in [0.1, 0.15) is 0 Å². The Morgan fingerprint density at radius 1 is 1.38 bits per heavy atom. The molecule has 0 aromatic rings. The fourth-order valence-corrected chi connectivity index (χ4v) is 0.160. The highest BCUT2D eigenvalue weighted by Gasteiger charge is 1.85. The van der Waals surface area contributed by atoms with Crippen LogP contribution in [0, 0.1) is 5.21 Å². The first-order valence-electron chi connectivity index (χ1n) is 2.18. The van der Waals surface area contributed by atoms with Gasteiger partial charge in [-0.15, -0.1) is 0 Å². The van der Waals surface area contributed by atoms with E-state index < -0.39 is 0 Å². The second-order valence-corrected chi connectivity index (χ2v) is 1.46. The Bertz CT molecular complexity index is 88.2. The van der Waals surface area contributed by atoms with Gasteiger partial charge in [0.05, 0.1) is 5.70 Å². The Hall–Kier alpha value is -0.740. The van der Waals surface area contributed by atoms with Gasteiger partial charge in [0.2, 0.25) is 0 Å². The third kappa shape index (κ3) is 1.81. The Labute approximate surface area is 47.7 Å². The quantitative estimate of drug-likeness (QED) is 0.455. The number of hydroxylamine groups is 2. The standard InChI is InChI=1S/C4H9N2O2/c1-3(5-7)4(2)6-8/h5-7H,1-2H3/q-1/b4-3-. The van der Waals surface area contributed by atoms with Gasteiger partial charge in [-0.05, 0) is 13.8 Å². The second-order valence-electron chi connectivity index (χ2n) is 1.46. The first-order valence-corrected chi connectivity index (χ1v) is 2.18. The highest BCUT2D eigenvalue weighted by molar-refractivity contribution is 5.03. The van der Waals surface area contributed by atoms with Gasteiger partial charge in [0, 0.05) is 5.70 Å². The van der Waals surface area contributed by atoms with Crippen LogP contribution in [0.4, 0.5) is 0 Å². The fourth-order valence-electron chi connectivity index (χ4n) is 0.160. The van der Waals surface area contributed by atoms with Crippen LogP contribution in [0.5, 0.6) is 0 Å². The van der Waals surface area contributed by atoms with Gasteiger partial charge in [0.15, 0.2) is 0 Å². The zero-order chi connectivity index (χ0) is 6.57. The molecule has 0 rings (SSSR count). The molecule has 0 aliphatic carbocycles. The van der Waals surface area contributed by atoms with E-state index in [1.54, 1.807) is 19.3 Å². The molecule has 8 heavy (non-hydrogen) atoms. The summed E-state index contributed by atoms with van der Waals surface area (Å²) < 4.78 is 0. The van der Waals surface area contributed by atoms with Crippen molar-refractivity contribution in [3.05, 3.63) is 16.6 Å². The van der Waals surface area contributed by atoms with E-state index in [4.69, 9.17) is 5.21 Å². The van der Waals surface area contributed by atoms with Crippen LogP contribution >= 0.6 is 0 Å². The molecule has 0 unspecified atom stereocenters. The van der Waals surface area contributed by atoms with Crippen LogP contribution < -0.4 is 11.0 Å².